The number of hydrogen-bond donors (Lipinski definition) is 4. The van der Waals surface area contributed by atoms with Gasteiger partial charge in [-0.15, -0.1) is 0 Å². The first-order valence-corrected chi connectivity index (χ1v) is 25.0. The highest BCUT2D eigenvalue weighted by molar-refractivity contribution is 5.76. The predicted molar refractivity (Wildman–Crippen MR) is 241 cm³/mol. The first kappa shape index (κ1) is 54.1. The lowest BCUT2D eigenvalue weighted by Crippen LogP contribution is -2.45. The van der Waals surface area contributed by atoms with E-state index in [1.54, 1.807) is 6.08 Å². The van der Waals surface area contributed by atoms with Gasteiger partial charge in [0.15, 0.2) is 0 Å². The number of rotatable bonds is 46. The van der Waals surface area contributed by atoms with Gasteiger partial charge in [-0.1, -0.05) is 264 Å². The molecule has 0 fully saturated rings. The van der Waals surface area contributed by atoms with E-state index < -0.39 is 18.2 Å². The lowest BCUT2D eigenvalue weighted by molar-refractivity contribution is -0.124. The summed E-state index contributed by atoms with van der Waals surface area (Å²) in [6, 6.07) is -0.739. The summed E-state index contributed by atoms with van der Waals surface area (Å²) in [7, 11) is 0. The van der Waals surface area contributed by atoms with Crippen LogP contribution in [0.5, 0.6) is 0 Å². The van der Waals surface area contributed by atoms with Crippen molar-refractivity contribution in [2.75, 3.05) is 6.61 Å². The van der Waals surface area contributed by atoms with E-state index >= 15 is 0 Å². The molecule has 5 heteroatoms. The van der Waals surface area contributed by atoms with Crippen LogP contribution < -0.4 is 5.32 Å². The van der Waals surface area contributed by atoms with Crippen molar-refractivity contribution in [3.63, 3.8) is 0 Å². The van der Waals surface area contributed by atoms with Gasteiger partial charge in [0.25, 0.3) is 0 Å². The number of carbonyl (C=O) groups is 1. The standard InChI is InChI=1S/C50H99NO4/c1-3-5-7-9-11-13-15-17-19-20-21-22-23-24-25-26-27-28-29-30-31-33-35-37-39-41-43-47(53)45-50(55)51-48(46-52)49(54)44-42-40-38-36-34-32-18-16-14-12-10-8-6-4-2/h42,44,47-49,52-54H,3-41,43,45-46H2,1-2H3,(H,51,55)/b44-42+. The molecule has 328 valence electrons. The highest BCUT2D eigenvalue weighted by atomic mass is 16.3. The summed E-state index contributed by atoms with van der Waals surface area (Å²) >= 11 is 0. The lowest BCUT2D eigenvalue weighted by Gasteiger charge is -2.21. The number of hydrogen-bond acceptors (Lipinski definition) is 4. The van der Waals surface area contributed by atoms with Crippen molar-refractivity contribution in [2.24, 2.45) is 0 Å². The summed E-state index contributed by atoms with van der Waals surface area (Å²) in [5, 5.41) is 33.3. The second kappa shape index (κ2) is 45.8. The average molecular weight is 778 g/mol. The van der Waals surface area contributed by atoms with Crippen LogP contribution in [0.1, 0.15) is 277 Å². The van der Waals surface area contributed by atoms with E-state index in [1.165, 1.54) is 225 Å². The monoisotopic (exact) mass is 778 g/mol. The molecule has 0 aromatic carbocycles. The van der Waals surface area contributed by atoms with Gasteiger partial charge in [0.2, 0.25) is 5.91 Å². The number of allylic oxidation sites excluding steroid dienone is 1. The number of aliphatic hydroxyl groups excluding tert-OH is 3. The van der Waals surface area contributed by atoms with Crippen molar-refractivity contribution in [3.05, 3.63) is 12.2 Å². The Kier molecular flexibility index (Phi) is 45.0. The molecule has 0 aliphatic rings. The zero-order valence-electron chi connectivity index (χ0n) is 37.3. The topological polar surface area (TPSA) is 89.8 Å². The predicted octanol–water partition coefficient (Wildman–Crippen LogP) is 14.8. The number of nitrogens with one attached hydrogen (secondary N) is 1. The van der Waals surface area contributed by atoms with Gasteiger partial charge in [-0.3, -0.25) is 4.79 Å². The molecular weight excluding hydrogens is 679 g/mol. The third-order valence-electron chi connectivity index (χ3n) is 11.8. The maximum absolute atomic E-state index is 12.5. The minimum atomic E-state index is -0.924. The first-order valence-electron chi connectivity index (χ1n) is 25.0. The van der Waals surface area contributed by atoms with Crippen molar-refractivity contribution in [2.45, 2.75) is 295 Å². The van der Waals surface area contributed by atoms with E-state index in [2.05, 4.69) is 19.2 Å². The van der Waals surface area contributed by atoms with Gasteiger partial charge in [-0.2, -0.15) is 0 Å². The van der Waals surface area contributed by atoms with E-state index in [0.717, 1.165) is 25.7 Å². The van der Waals surface area contributed by atoms with E-state index in [9.17, 15) is 20.1 Å². The van der Waals surface area contributed by atoms with Crippen molar-refractivity contribution >= 4 is 5.91 Å². The minimum absolute atomic E-state index is 0.0191. The number of amides is 1. The van der Waals surface area contributed by atoms with Crippen LogP contribution in [0, 0.1) is 0 Å². The van der Waals surface area contributed by atoms with E-state index in [0.29, 0.717) is 6.42 Å². The van der Waals surface area contributed by atoms with Crippen LogP contribution in [-0.2, 0) is 4.79 Å². The Morgan fingerprint density at radius 2 is 0.745 bits per heavy atom. The summed E-state index contributed by atoms with van der Waals surface area (Å²) in [6.45, 7) is 4.23. The number of carbonyl (C=O) groups excluding carboxylic acids is 1. The Hall–Kier alpha value is -0.910. The van der Waals surface area contributed by atoms with Gasteiger partial charge in [-0.05, 0) is 19.3 Å². The van der Waals surface area contributed by atoms with Gasteiger partial charge >= 0.3 is 0 Å². The van der Waals surface area contributed by atoms with Crippen LogP contribution in [0.3, 0.4) is 0 Å². The highest BCUT2D eigenvalue weighted by Gasteiger charge is 2.20. The Balaban J connectivity index is 3.53. The molecule has 0 bridgehead atoms. The normalized spacial score (nSPS) is 13.5. The number of unbranched alkanes of at least 4 members (excludes halogenated alkanes) is 37. The first-order chi connectivity index (χ1) is 27.0. The molecule has 0 radical (unpaired) electrons. The van der Waals surface area contributed by atoms with Crippen LogP contribution >= 0.6 is 0 Å². The molecule has 3 atom stereocenters. The molecule has 0 saturated carbocycles. The second-order valence-corrected chi connectivity index (χ2v) is 17.4. The summed E-state index contributed by atoms with van der Waals surface area (Å²) in [5.41, 5.74) is 0. The SMILES string of the molecule is CCCCCCCCCCCCCC/C=C/C(O)C(CO)NC(=O)CC(O)CCCCCCCCCCCCCCCCCCCCCCCCCCCC. The van der Waals surface area contributed by atoms with Crippen LogP contribution in [0.25, 0.3) is 0 Å². The van der Waals surface area contributed by atoms with Crippen LogP contribution in [0.15, 0.2) is 12.2 Å². The molecule has 3 unspecified atom stereocenters. The Bertz CT molecular complexity index is 773. The molecule has 0 aliphatic heterocycles. The van der Waals surface area contributed by atoms with Gasteiger partial charge in [0, 0.05) is 0 Å². The Labute approximate surface area is 344 Å². The van der Waals surface area contributed by atoms with Gasteiger partial charge in [-0.25, -0.2) is 0 Å². The van der Waals surface area contributed by atoms with Gasteiger partial charge in [0.05, 0.1) is 31.3 Å². The van der Waals surface area contributed by atoms with Crippen LogP contribution in [-0.4, -0.2) is 46.1 Å². The number of aliphatic hydroxyl groups is 3. The van der Waals surface area contributed by atoms with Crippen molar-refractivity contribution in [1.82, 2.24) is 5.32 Å². The third kappa shape index (κ3) is 42.5. The zero-order valence-corrected chi connectivity index (χ0v) is 37.3. The summed E-state index contributed by atoms with van der Waals surface area (Å²) in [6.07, 6.45) is 55.2. The molecule has 0 spiro atoms. The molecular formula is C50H99NO4. The molecule has 0 aliphatic carbocycles. The molecule has 0 saturated heterocycles. The Morgan fingerprint density at radius 1 is 0.455 bits per heavy atom. The van der Waals surface area contributed by atoms with E-state index in [-0.39, 0.29) is 18.9 Å². The third-order valence-corrected chi connectivity index (χ3v) is 11.8. The maximum Gasteiger partial charge on any atom is 0.222 e. The fourth-order valence-electron chi connectivity index (χ4n) is 7.99. The quantitative estimate of drug-likeness (QED) is 0.0366. The van der Waals surface area contributed by atoms with E-state index in [1.807, 2.05) is 6.08 Å². The largest absolute Gasteiger partial charge is 0.394 e. The molecule has 0 heterocycles. The Morgan fingerprint density at radius 3 is 1.05 bits per heavy atom. The van der Waals surface area contributed by atoms with Crippen LogP contribution in [0.4, 0.5) is 0 Å². The fraction of sp³-hybridized carbons (Fsp3) is 0.940. The second-order valence-electron chi connectivity index (χ2n) is 17.4. The molecule has 0 aromatic rings. The summed E-state index contributed by atoms with van der Waals surface area (Å²) in [5.74, 6) is -0.310. The van der Waals surface area contributed by atoms with Crippen molar-refractivity contribution in [1.29, 1.82) is 0 Å². The highest BCUT2D eigenvalue weighted by Crippen LogP contribution is 2.17. The summed E-state index contributed by atoms with van der Waals surface area (Å²) < 4.78 is 0. The minimum Gasteiger partial charge on any atom is -0.394 e. The van der Waals surface area contributed by atoms with Gasteiger partial charge < -0.3 is 20.6 Å². The smallest absolute Gasteiger partial charge is 0.222 e. The molecule has 4 N–H and O–H groups in total. The summed E-state index contributed by atoms with van der Waals surface area (Å²) in [4.78, 5) is 12.5. The maximum atomic E-state index is 12.5. The van der Waals surface area contributed by atoms with E-state index in [4.69, 9.17) is 0 Å². The molecule has 5 nitrogen and oxygen atoms in total. The van der Waals surface area contributed by atoms with Crippen molar-refractivity contribution in [3.8, 4) is 0 Å². The molecule has 1 amide bonds. The molecule has 0 aromatic heterocycles. The molecule has 55 heavy (non-hydrogen) atoms. The van der Waals surface area contributed by atoms with Crippen molar-refractivity contribution < 1.29 is 20.1 Å². The average Bonchev–Trinajstić information content (AvgIpc) is 3.18. The zero-order chi connectivity index (χ0) is 40.1. The lowest BCUT2D eigenvalue weighted by atomic mass is 10.0. The van der Waals surface area contributed by atoms with Gasteiger partial charge in [0.1, 0.15) is 0 Å². The fourth-order valence-corrected chi connectivity index (χ4v) is 7.99. The molecule has 0 rings (SSSR count). The van der Waals surface area contributed by atoms with Crippen LogP contribution in [0.2, 0.25) is 0 Å².